The molecule has 0 aliphatic rings. The lowest BCUT2D eigenvalue weighted by atomic mass is 10.1. The first-order valence-corrected chi connectivity index (χ1v) is 7.97. The fourth-order valence-corrected chi connectivity index (χ4v) is 2.26. The van der Waals surface area contributed by atoms with Gasteiger partial charge in [0.1, 0.15) is 4.83 Å². The van der Waals surface area contributed by atoms with Crippen LogP contribution in [0.1, 0.15) is 77.6 Å². The zero-order valence-electron chi connectivity index (χ0n) is 11.5. The summed E-state index contributed by atoms with van der Waals surface area (Å²) >= 11 is 3.16. The predicted octanol–water partition coefficient (Wildman–Crippen LogP) is 2.15. The second kappa shape index (κ2) is 15.3. The maximum Gasteiger partial charge on any atom is 0.317 e. The van der Waals surface area contributed by atoms with Gasteiger partial charge >= 0.3 is 5.97 Å². The van der Waals surface area contributed by atoms with Crippen LogP contribution in [0.3, 0.4) is 0 Å². The highest BCUT2D eigenvalue weighted by Gasteiger charge is 2.11. The standard InChI is InChI=1S/C14H27BrO2.ClH/c1-2-3-4-5-6-7-8-9-10-11-12-13(15)14(16)17;/h13H,2-12H2,1H3,(H,16,17);1H/p-1. The molecular formula is C14H27BrClO2-. The smallest absolute Gasteiger partial charge is 0.317 e. The number of rotatable bonds is 12. The summed E-state index contributed by atoms with van der Waals surface area (Å²) in [5, 5.41) is 8.68. The van der Waals surface area contributed by atoms with Crippen LogP contribution in [0.4, 0.5) is 0 Å². The van der Waals surface area contributed by atoms with Crippen molar-refractivity contribution in [2.45, 2.75) is 82.4 Å². The lowest BCUT2D eigenvalue weighted by Crippen LogP contribution is -3.00. The summed E-state index contributed by atoms with van der Waals surface area (Å²) < 4.78 is 0. The summed E-state index contributed by atoms with van der Waals surface area (Å²) in [5.74, 6) is -0.735. The highest BCUT2D eigenvalue weighted by molar-refractivity contribution is 9.10. The molecule has 2 nitrogen and oxygen atoms in total. The Morgan fingerprint density at radius 3 is 1.72 bits per heavy atom. The van der Waals surface area contributed by atoms with Gasteiger partial charge in [0.2, 0.25) is 0 Å². The van der Waals surface area contributed by atoms with Crippen LogP contribution in [0.15, 0.2) is 0 Å². The van der Waals surface area contributed by atoms with Gasteiger partial charge in [-0.15, -0.1) is 0 Å². The van der Waals surface area contributed by atoms with Crippen molar-refractivity contribution in [1.82, 2.24) is 0 Å². The van der Waals surface area contributed by atoms with Crippen molar-refractivity contribution in [2.75, 3.05) is 0 Å². The summed E-state index contributed by atoms with van der Waals surface area (Å²) in [6.45, 7) is 2.24. The maximum absolute atomic E-state index is 10.5. The van der Waals surface area contributed by atoms with Crippen molar-refractivity contribution in [3.8, 4) is 0 Å². The molecule has 4 heteroatoms. The van der Waals surface area contributed by atoms with Crippen molar-refractivity contribution in [3.05, 3.63) is 0 Å². The first kappa shape index (κ1) is 20.6. The van der Waals surface area contributed by atoms with Gasteiger partial charge in [0.05, 0.1) is 0 Å². The van der Waals surface area contributed by atoms with E-state index in [1.807, 2.05) is 0 Å². The second-order valence-electron chi connectivity index (χ2n) is 4.78. The molecule has 0 aliphatic carbocycles. The molecule has 1 N–H and O–H groups in total. The zero-order valence-corrected chi connectivity index (χ0v) is 13.8. The van der Waals surface area contributed by atoms with E-state index < -0.39 is 5.97 Å². The molecular weight excluding hydrogens is 316 g/mol. The topological polar surface area (TPSA) is 37.3 Å². The van der Waals surface area contributed by atoms with Crippen molar-refractivity contribution in [2.24, 2.45) is 0 Å². The SMILES string of the molecule is CCCCCCCCCCCCC(Br)C(=O)O.[Cl-]. The minimum atomic E-state index is -0.735. The molecule has 0 amide bonds. The molecule has 1 unspecified atom stereocenters. The van der Waals surface area contributed by atoms with E-state index in [0.717, 1.165) is 12.8 Å². The van der Waals surface area contributed by atoms with Gasteiger partial charge in [-0.3, -0.25) is 4.79 Å². The van der Waals surface area contributed by atoms with Crippen LogP contribution in [0.2, 0.25) is 0 Å². The number of hydrogen-bond acceptors (Lipinski definition) is 1. The van der Waals surface area contributed by atoms with Crippen molar-refractivity contribution in [1.29, 1.82) is 0 Å². The first-order valence-electron chi connectivity index (χ1n) is 7.05. The number of unbranched alkanes of at least 4 members (excludes halogenated alkanes) is 9. The second-order valence-corrected chi connectivity index (χ2v) is 5.88. The molecule has 0 rings (SSSR count). The van der Waals surface area contributed by atoms with E-state index in [-0.39, 0.29) is 17.2 Å². The van der Waals surface area contributed by atoms with Crippen molar-refractivity contribution in [3.63, 3.8) is 0 Å². The fraction of sp³-hybridized carbons (Fsp3) is 0.929. The molecule has 110 valence electrons. The molecule has 0 bridgehead atoms. The Bertz CT molecular complexity index is 189. The third-order valence-corrected chi connectivity index (χ3v) is 3.93. The third kappa shape index (κ3) is 14.3. The van der Waals surface area contributed by atoms with Gasteiger partial charge < -0.3 is 17.5 Å². The van der Waals surface area contributed by atoms with Crippen LogP contribution in [-0.2, 0) is 4.79 Å². The van der Waals surface area contributed by atoms with E-state index >= 15 is 0 Å². The Morgan fingerprint density at radius 2 is 1.33 bits per heavy atom. The zero-order chi connectivity index (χ0) is 12.9. The minimum absolute atomic E-state index is 0. The molecule has 0 heterocycles. The first-order chi connectivity index (χ1) is 8.18. The monoisotopic (exact) mass is 341 g/mol. The van der Waals surface area contributed by atoms with Crippen LogP contribution in [0.25, 0.3) is 0 Å². The van der Waals surface area contributed by atoms with E-state index in [4.69, 9.17) is 5.11 Å². The highest BCUT2D eigenvalue weighted by Crippen LogP contribution is 2.14. The Morgan fingerprint density at radius 1 is 0.944 bits per heavy atom. The van der Waals surface area contributed by atoms with E-state index in [9.17, 15) is 4.79 Å². The summed E-state index contributed by atoms with van der Waals surface area (Å²) in [7, 11) is 0. The summed E-state index contributed by atoms with van der Waals surface area (Å²) in [5.41, 5.74) is 0. The molecule has 0 spiro atoms. The number of halogens is 2. The Balaban J connectivity index is 0. The number of carbonyl (C=O) groups is 1. The largest absolute Gasteiger partial charge is 1.00 e. The molecule has 0 aromatic carbocycles. The molecule has 0 saturated heterocycles. The van der Waals surface area contributed by atoms with E-state index in [0.29, 0.717) is 0 Å². The fourth-order valence-electron chi connectivity index (χ4n) is 1.93. The van der Waals surface area contributed by atoms with Crippen LogP contribution < -0.4 is 12.4 Å². The van der Waals surface area contributed by atoms with Gasteiger partial charge in [-0.25, -0.2) is 0 Å². The molecule has 0 aromatic heterocycles. The van der Waals surface area contributed by atoms with Crippen LogP contribution in [-0.4, -0.2) is 15.9 Å². The molecule has 0 saturated carbocycles. The number of carboxylic acids is 1. The molecule has 0 fully saturated rings. The van der Waals surface area contributed by atoms with E-state index in [1.165, 1.54) is 57.8 Å². The lowest BCUT2D eigenvalue weighted by molar-refractivity contribution is -0.136. The van der Waals surface area contributed by atoms with E-state index in [1.54, 1.807) is 0 Å². The average molecular weight is 343 g/mol. The van der Waals surface area contributed by atoms with E-state index in [2.05, 4.69) is 22.9 Å². The predicted molar refractivity (Wildman–Crippen MR) is 76.8 cm³/mol. The Labute approximate surface area is 126 Å². The highest BCUT2D eigenvalue weighted by atomic mass is 79.9. The van der Waals surface area contributed by atoms with Crippen LogP contribution in [0.5, 0.6) is 0 Å². The number of carboxylic acid groups (broad SMARTS) is 1. The molecule has 1 atom stereocenters. The summed E-state index contributed by atoms with van der Waals surface area (Å²) in [6.07, 6.45) is 13.7. The number of aliphatic carboxylic acids is 1. The van der Waals surface area contributed by atoms with Crippen LogP contribution in [0, 0.1) is 0 Å². The van der Waals surface area contributed by atoms with Gasteiger partial charge in [-0.05, 0) is 6.42 Å². The Hall–Kier alpha value is 0.240. The summed E-state index contributed by atoms with van der Waals surface area (Å²) in [4.78, 5) is 10.2. The molecule has 18 heavy (non-hydrogen) atoms. The molecule has 0 radical (unpaired) electrons. The maximum atomic E-state index is 10.5. The van der Waals surface area contributed by atoms with Gasteiger partial charge in [-0.2, -0.15) is 0 Å². The average Bonchev–Trinajstić information content (AvgIpc) is 2.31. The number of alkyl halides is 1. The van der Waals surface area contributed by atoms with Gasteiger partial charge in [0, 0.05) is 0 Å². The van der Waals surface area contributed by atoms with Crippen molar-refractivity contribution < 1.29 is 22.3 Å². The lowest BCUT2D eigenvalue weighted by Gasteiger charge is -2.04. The normalized spacial score (nSPS) is 11.9. The third-order valence-electron chi connectivity index (χ3n) is 3.08. The molecule has 0 aromatic rings. The quantitative estimate of drug-likeness (QED) is 0.436. The Kier molecular flexibility index (Phi) is 17.5. The molecule has 0 aliphatic heterocycles. The minimum Gasteiger partial charge on any atom is -1.00 e. The summed E-state index contributed by atoms with van der Waals surface area (Å²) in [6, 6.07) is 0. The van der Waals surface area contributed by atoms with Crippen molar-refractivity contribution >= 4 is 21.9 Å². The van der Waals surface area contributed by atoms with Gasteiger partial charge in [-0.1, -0.05) is 87.1 Å². The van der Waals surface area contributed by atoms with Crippen LogP contribution >= 0.6 is 15.9 Å². The van der Waals surface area contributed by atoms with Gasteiger partial charge in [0.25, 0.3) is 0 Å². The number of hydrogen-bond donors (Lipinski definition) is 1. The van der Waals surface area contributed by atoms with Gasteiger partial charge in [0.15, 0.2) is 0 Å².